The van der Waals surface area contributed by atoms with E-state index in [4.69, 9.17) is 4.74 Å². The fraction of sp³-hybridized carbons (Fsp3) is 0.630. The van der Waals surface area contributed by atoms with Crippen molar-refractivity contribution in [2.75, 3.05) is 13.1 Å². The number of carbonyl (C=O) groups is 3. The van der Waals surface area contributed by atoms with Crippen molar-refractivity contribution in [1.29, 1.82) is 0 Å². The van der Waals surface area contributed by atoms with E-state index in [1.807, 2.05) is 31.7 Å². The maximum atomic E-state index is 13.0. The van der Waals surface area contributed by atoms with Crippen molar-refractivity contribution in [3.05, 3.63) is 34.2 Å². The van der Waals surface area contributed by atoms with E-state index in [0.717, 1.165) is 56.2 Å². The van der Waals surface area contributed by atoms with Gasteiger partial charge in [0.05, 0.1) is 11.0 Å². The molecule has 0 radical (unpaired) electrons. The third kappa shape index (κ3) is 4.55. The Balaban J connectivity index is 1.22. The minimum absolute atomic E-state index is 0.212. The smallest absolute Gasteiger partial charge is 0.410 e. The van der Waals surface area contributed by atoms with Crippen molar-refractivity contribution in [3.63, 3.8) is 0 Å². The lowest BCUT2D eigenvalue weighted by Gasteiger charge is -2.52. The van der Waals surface area contributed by atoms with Crippen LogP contribution in [0.15, 0.2) is 23.0 Å². The molecule has 2 saturated heterocycles. The van der Waals surface area contributed by atoms with Crippen molar-refractivity contribution in [1.82, 2.24) is 19.4 Å². The minimum Gasteiger partial charge on any atom is -0.444 e. The van der Waals surface area contributed by atoms with E-state index in [2.05, 4.69) is 17.4 Å². The number of rotatable bonds is 3. The van der Waals surface area contributed by atoms with Crippen LogP contribution in [0.25, 0.3) is 11.0 Å². The van der Waals surface area contributed by atoms with Crippen LogP contribution in [0.5, 0.6) is 0 Å². The molecule has 0 bridgehead atoms. The molecule has 2 aliphatic heterocycles. The number of benzene rings is 1. The fourth-order valence-electron chi connectivity index (χ4n) is 6.31. The van der Waals surface area contributed by atoms with E-state index < -0.39 is 17.6 Å². The summed E-state index contributed by atoms with van der Waals surface area (Å²) >= 11 is 0. The molecule has 1 unspecified atom stereocenters. The number of likely N-dealkylation sites (tertiary alicyclic amines) is 1. The second-order valence-corrected chi connectivity index (χ2v) is 11.9. The monoisotopic (exact) mass is 496 g/mol. The molecule has 1 aromatic carbocycles. The highest BCUT2D eigenvalue weighted by Crippen LogP contribution is 2.53. The Morgan fingerprint density at radius 2 is 1.81 bits per heavy atom. The molecule has 1 aliphatic carbocycles. The van der Waals surface area contributed by atoms with Gasteiger partial charge in [0, 0.05) is 26.6 Å². The Morgan fingerprint density at radius 1 is 1.11 bits per heavy atom. The Morgan fingerprint density at radius 3 is 2.44 bits per heavy atom. The van der Waals surface area contributed by atoms with Crippen molar-refractivity contribution >= 4 is 28.9 Å². The van der Waals surface area contributed by atoms with Gasteiger partial charge in [-0.25, -0.2) is 9.59 Å². The van der Waals surface area contributed by atoms with Crippen LogP contribution in [0.3, 0.4) is 0 Å². The molecule has 36 heavy (non-hydrogen) atoms. The van der Waals surface area contributed by atoms with Gasteiger partial charge in [-0.05, 0) is 88.3 Å². The predicted molar refractivity (Wildman–Crippen MR) is 135 cm³/mol. The molecule has 1 atom stereocenters. The Labute approximate surface area is 210 Å². The number of hydrogen-bond acceptors (Lipinski definition) is 5. The molecular formula is C27H36N4O5. The van der Waals surface area contributed by atoms with E-state index in [-0.39, 0.29) is 24.1 Å². The molecule has 3 amide bonds. The van der Waals surface area contributed by atoms with Crippen LogP contribution in [-0.2, 0) is 27.8 Å². The van der Waals surface area contributed by atoms with Gasteiger partial charge in [0.15, 0.2) is 0 Å². The van der Waals surface area contributed by atoms with Crippen LogP contribution in [0, 0.1) is 11.3 Å². The Bertz CT molecular complexity index is 1270. The molecule has 9 nitrogen and oxygen atoms in total. The molecule has 3 aliphatic rings. The number of amides is 3. The highest BCUT2D eigenvalue weighted by atomic mass is 16.6. The van der Waals surface area contributed by atoms with Crippen LogP contribution < -0.4 is 11.0 Å². The lowest BCUT2D eigenvalue weighted by atomic mass is 9.56. The first-order valence-corrected chi connectivity index (χ1v) is 13.0. The fourth-order valence-corrected chi connectivity index (χ4v) is 6.31. The third-order valence-corrected chi connectivity index (χ3v) is 8.12. The van der Waals surface area contributed by atoms with Crippen LogP contribution in [0.1, 0.15) is 70.9 Å². The van der Waals surface area contributed by atoms with E-state index in [9.17, 15) is 19.2 Å². The summed E-state index contributed by atoms with van der Waals surface area (Å²) in [6.45, 7) is 7.19. The molecule has 9 heteroatoms. The summed E-state index contributed by atoms with van der Waals surface area (Å²) in [5.74, 6) is -0.118. The van der Waals surface area contributed by atoms with E-state index in [1.54, 1.807) is 11.6 Å². The normalized spacial score (nSPS) is 22.6. The Kier molecular flexibility index (Phi) is 6.00. The summed E-state index contributed by atoms with van der Waals surface area (Å²) in [6, 6.07) is 5.39. The first-order valence-electron chi connectivity index (χ1n) is 13.0. The number of aryl methyl sites for hydroxylation is 1. The van der Waals surface area contributed by atoms with Crippen LogP contribution in [0.4, 0.5) is 4.79 Å². The highest BCUT2D eigenvalue weighted by Gasteiger charge is 2.46. The molecule has 2 aromatic rings. The molecule has 3 heterocycles. The summed E-state index contributed by atoms with van der Waals surface area (Å²) in [4.78, 5) is 51.2. The van der Waals surface area contributed by atoms with Gasteiger partial charge in [-0.1, -0.05) is 6.07 Å². The molecule has 1 saturated carbocycles. The largest absolute Gasteiger partial charge is 0.444 e. The Hall–Kier alpha value is -3.10. The number of imide groups is 1. The van der Waals surface area contributed by atoms with Crippen molar-refractivity contribution < 1.29 is 19.1 Å². The van der Waals surface area contributed by atoms with Crippen molar-refractivity contribution in [3.8, 4) is 0 Å². The second kappa shape index (κ2) is 8.78. The average molecular weight is 497 g/mol. The molecule has 3 fully saturated rings. The molecular weight excluding hydrogens is 460 g/mol. The summed E-state index contributed by atoms with van der Waals surface area (Å²) in [5.41, 5.74) is 2.33. The SMILES string of the molecule is Cn1c(=O)n(C2CCC(=O)NC2=O)c2ccc(CC3CC4(CCN(C(=O)OC(C)(C)C)CC4)C3)cc21. The van der Waals surface area contributed by atoms with Crippen LogP contribution in [0.2, 0.25) is 0 Å². The average Bonchev–Trinajstić information content (AvgIpc) is 3.02. The quantitative estimate of drug-likeness (QED) is 0.657. The first-order chi connectivity index (χ1) is 16.9. The molecule has 1 N–H and O–H groups in total. The topological polar surface area (TPSA) is 103 Å². The van der Waals surface area contributed by atoms with E-state index >= 15 is 0 Å². The number of nitrogens with one attached hydrogen (secondary N) is 1. The summed E-state index contributed by atoms with van der Waals surface area (Å²) in [5, 5.41) is 2.35. The zero-order chi connectivity index (χ0) is 25.8. The van der Waals surface area contributed by atoms with Gasteiger partial charge in [0.25, 0.3) is 0 Å². The second-order valence-electron chi connectivity index (χ2n) is 11.9. The van der Waals surface area contributed by atoms with Gasteiger partial charge in [0.1, 0.15) is 11.6 Å². The van der Waals surface area contributed by atoms with Gasteiger partial charge in [-0.2, -0.15) is 0 Å². The molecule has 5 rings (SSSR count). The van der Waals surface area contributed by atoms with Gasteiger partial charge < -0.3 is 9.64 Å². The zero-order valence-electron chi connectivity index (χ0n) is 21.6. The lowest BCUT2D eigenvalue weighted by molar-refractivity contribution is -0.135. The number of piperidine rings is 2. The van der Waals surface area contributed by atoms with Gasteiger partial charge in [-0.15, -0.1) is 0 Å². The molecule has 1 aromatic heterocycles. The predicted octanol–water partition coefficient (Wildman–Crippen LogP) is 3.29. The summed E-state index contributed by atoms with van der Waals surface area (Å²) in [7, 11) is 1.73. The summed E-state index contributed by atoms with van der Waals surface area (Å²) in [6.07, 6.45) is 5.65. The number of nitrogens with zero attached hydrogens (tertiary/aromatic N) is 3. The maximum Gasteiger partial charge on any atom is 0.410 e. The maximum absolute atomic E-state index is 13.0. The first kappa shape index (κ1) is 24.6. The molecule has 1 spiro atoms. The van der Waals surface area contributed by atoms with E-state index in [1.165, 1.54) is 10.1 Å². The summed E-state index contributed by atoms with van der Waals surface area (Å²) < 4.78 is 8.65. The lowest BCUT2D eigenvalue weighted by Crippen LogP contribution is -2.50. The number of aromatic nitrogens is 2. The highest BCUT2D eigenvalue weighted by molar-refractivity contribution is 6.00. The van der Waals surface area contributed by atoms with Crippen molar-refractivity contribution in [2.24, 2.45) is 18.4 Å². The number of hydrogen-bond donors (Lipinski definition) is 1. The minimum atomic E-state index is -0.664. The third-order valence-electron chi connectivity index (χ3n) is 8.12. The number of carbonyl (C=O) groups excluding carboxylic acids is 3. The van der Waals surface area contributed by atoms with Crippen LogP contribution in [-0.4, -0.2) is 50.6 Å². The number of fused-ring (bicyclic) bond motifs is 1. The number of imidazole rings is 1. The van der Waals surface area contributed by atoms with E-state index in [0.29, 0.717) is 17.8 Å². The molecule has 194 valence electrons. The zero-order valence-corrected chi connectivity index (χ0v) is 21.6. The number of ether oxygens (including phenoxy) is 1. The van der Waals surface area contributed by atoms with Gasteiger partial charge in [0.2, 0.25) is 11.8 Å². The van der Waals surface area contributed by atoms with Gasteiger partial charge in [-0.3, -0.25) is 24.0 Å². The van der Waals surface area contributed by atoms with Gasteiger partial charge >= 0.3 is 11.8 Å². The van der Waals surface area contributed by atoms with Crippen molar-refractivity contribution in [2.45, 2.75) is 77.4 Å². The standard InChI is InChI=1S/C27H36N4O5/c1-26(2,3)36-25(35)30-11-9-27(10-12-30)15-18(16-27)13-17-5-6-19-21(14-17)29(4)24(34)31(19)20-7-8-22(32)28-23(20)33/h5-6,14,18,20H,7-13,15-16H2,1-4H3,(H,28,32,33). The van der Waals surface area contributed by atoms with Crippen LogP contribution >= 0.6 is 0 Å².